The van der Waals surface area contributed by atoms with E-state index in [0.717, 1.165) is 6.07 Å². The lowest BCUT2D eigenvalue weighted by atomic mass is 10.1. The summed E-state index contributed by atoms with van der Waals surface area (Å²) in [7, 11) is -2.73. The van der Waals surface area contributed by atoms with Gasteiger partial charge in [-0.25, -0.2) is 12.8 Å². The third-order valence-corrected chi connectivity index (χ3v) is 5.68. The smallest absolute Gasteiger partial charge is 0.310 e. The second-order valence-corrected chi connectivity index (χ2v) is 8.06. The van der Waals surface area contributed by atoms with Crippen LogP contribution in [0.25, 0.3) is 0 Å². The first-order valence-corrected chi connectivity index (χ1v) is 10.4. The van der Waals surface area contributed by atoms with Crippen molar-refractivity contribution in [2.45, 2.75) is 18.7 Å². The van der Waals surface area contributed by atoms with Crippen molar-refractivity contribution in [1.82, 2.24) is 4.90 Å². The lowest BCUT2D eigenvalue weighted by Gasteiger charge is -2.23. The highest BCUT2D eigenvalue weighted by Crippen LogP contribution is 2.20. The van der Waals surface area contributed by atoms with Crippen LogP contribution in [0.15, 0.2) is 53.4 Å². The monoisotopic (exact) mass is 422 g/mol. The Balaban J connectivity index is 2.16. The van der Waals surface area contributed by atoms with Gasteiger partial charge in [0.1, 0.15) is 5.82 Å². The Labute approximate surface area is 169 Å². The first-order valence-electron chi connectivity index (χ1n) is 8.94. The van der Waals surface area contributed by atoms with E-state index in [2.05, 4.69) is 9.46 Å². The summed E-state index contributed by atoms with van der Waals surface area (Å²) < 4.78 is 45.5. The zero-order valence-corrected chi connectivity index (χ0v) is 17.2. The van der Waals surface area contributed by atoms with Crippen LogP contribution in [0.3, 0.4) is 0 Å². The number of nitrogens with one attached hydrogen (secondary N) is 1. The van der Waals surface area contributed by atoms with Gasteiger partial charge >= 0.3 is 5.97 Å². The Bertz CT molecular complexity index is 977. The van der Waals surface area contributed by atoms with Gasteiger partial charge in [-0.15, -0.1) is 0 Å². The molecule has 29 heavy (non-hydrogen) atoms. The number of benzene rings is 2. The van der Waals surface area contributed by atoms with Crippen molar-refractivity contribution >= 4 is 27.6 Å². The largest absolute Gasteiger partial charge is 0.469 e. The van der Waals surface area contributed by atoms with Gasteiger partial charge in [-0.05, 0) is 43.3 Å². The maximum Gasteiger partial charge on any atom is 0.310 e. The van der Waals surface area contributed by atoms with E-state index in [9.17, 15) is 22.4 Å². The second kappa shape index (κ2) is 9.51. The molecule has 0 heterocycles. The van der Waals surface area contributed by atoms with Crippen LogP contribution in [-0.2, 0) is 19.6 Å². The number of rotatable bonds is 8. The first kappa shape index (κ1) is 22.4. The van der Waals surface area contributed by atoms with Gasteiger partial charge in [-0.1, -0.05) is 19.1 Å². The molecular weight excluding hydrogens is 399 g/mol. The fraction of sp³-hybridized carbons (Fsp3) is 0.300. The minimum atomic E-state index is -4.01. The molecule has 0 aliphatic heterocycles. The Kier molecular flexibility index (Phi) is 7.33. The average molecular weight is 422 g/mol. The molecule has 0 aliphatic carbocycles. The van der Waals surface area contributed by atoms with Crippen LogP contribution >= 0.6 is 0 Å². The molecule has 2 aromatic rings. The van der Waals surface area contributed by atoms with E-state index in [1.807, 2.05) is 0 Å². The van der Waals surface area contributed by atoms with Crippen LogP contribution in [-0.4, -0.2) is 45.4 Å². The molecule has 0 radical (unpaired) electrons. The van der Waals surface area contributed by atoms with Crippen molar-refractivity contribution < 1.29 is 27.1 Å². The highest BCUT2D eigenvalue weighted by Gasteiger charge is 2.22. The zero-order chi connectivity index (χ0) is 21.6. The molecule has 0 aliphatic rings. The molecule has 2 rings (SSSR count). The number of nitrogens with zero attached hydrogens (tertiary/aromatic N) is 1. The summed E-state index contributed by atoms with van der Waals surface area (Å²) in [5.41, 5.74) is 0.107. The number of amides is 1. The zero-order valence-electron chi connectivity index (χ0n) is 16.4. The van der Waals surface area contributed by atoms with Crippen LogP contribution < -0.4 is 4.72 Å². The molecule has 2 aromatic carbocycles. The topological polar surface area (TPSA) is 92.8 Å². The summed E-state index contributed by atoms with van der Waals surface area (Å²) in [6, 6.07) is 10.7. The van der Waals surface area contributed by atoms with E-state index < -0.39 is 27.7 Å². The van der Waals surface area contributed by atoms with Gasteiger partial charge in [0.05, 0.1) is 23.6 Å². The predicted molar refractivity (Wildman–Crippen MR) is 106 cm³/mol. The highest BCUT2D eigenvalue weighted by molar-refractivity contribution is 7.92. The number of hydrogen-bond donors (Lipinski definition) is 1. The van der Waals surface area contributed by atoms with E-state index in [-0.39, 0.29) is 28.6 Å². The molecule has 9 heteroatoms. The molecule has 7 nitrogen and oxygen atoms in total. The molecule has 0 spiro atoms. The van der Waals surface area contributed by atoms with Gasteiger partial charge in [-0.3, -0.25) is 14.3 Å². The highest BCUT2D eigenvalue weighted by atomic mass is 32.2. The van der Waals surface area contributed by atoms with Crippen molar-refractivity contribution in [1.29, 1.82) is 0 Å². The minimum Gasteiger partial charge on any atom is -0.469 e. The predicted octanol–water partition coefficient (Wildman–Crippen LogP) is 2.90. The molecule has 0 aromatic heterocycles. The van der Waals surface area contributed by atoms with Crippen molar-refractivity contribution in [2.75, 3.05) is 24.9 Å². The number of sulfonamides is 1. The van der Waals surface area contributed by atoms with Crippen LogP contribution in [0.5, 0.6) is 0 Å². The van der Waals surface area contributed by atoms with E-state index in [0.29, 0.717) is 6.54 Å². The Morgan fingerprint density at radius 2 is 1.76 bits per heavy atom. The van der Waals surface area contributed by atoms with Crippen LogP contribution in [0.4, 0.5) is 10.1 Å². The summed E-state index contributed by atoms with van der Waals surface area (Å²) in [5, 5.41) is 0. The molecule has 0 bridgehead atoms. The van der Waals surface area contributed by atoms with Crippen LogP contribution in [0.1, 0.15) is 24.2 Å². The maximum absolute atomic E-state index is 13.7. The van der Waals surface area contributed by atoms with Crippen LogP contribution in [0, 0.1) is 11.7 Å². The number of methoxy groups -OCH3 is 1. The molecule has 1 N–H and O–H groups in total. The van der Waals surface area contributed by atoms with Gasteiger partial charge in [0.25, 0.3) is 15.9 Å². The lowest BCUT2D eigenvalue weighted by Crippen LogP contribution is -2.37. The molecule has 0 saturated carbocycles. The van der Waals surface area contributed by atoms with Gasteiger partial charge in [0.2, 0.25) is 0 Å². The van der Waals surface area contributed by atoms with E-state index >= 15 is 0 Å². The lowest BCUT2D eigenvalue weighted by molar-refractivity contribution is -0.145. The number of carbonyl (C=O) groups excluding carboxylic acids is 2. The number of anilines is 1. The Hall–Kier alpha value is -2.94. The summed E-state index contributed by atoms with van der Waals surface area (Å²) in [6.07, 6.45) is 0. The van der Waals surface area contributed by atoms with E-state index in [1.54, 1.807) is 13.8 Å². The van der Waals surface area contributed by atoms with E-state index in [1.165, 1.54) is 54.5 Å². The standard InChI is InChI=1S/C20H23FN2O5S/c1-4-23(13-14(2)20(25)28-3)19(24)15-9-11-16(12-10-15)29(26,27)22-18-8-6-5-7-17(18)21/h5-12,14,22H,4,13H2,1-3H3. The minimum absolute atomic E-state index is 0.108. The van der Waals surface area contributed by atoms with Crippen molar-refractivity contribution in [3.8, 4) is 0 Å². The van der Waals surface area contributed by atoms with Crippen LogP contribution in [0.2, 0.25) is 0 Å². The number of ether oxygens (including phenoxy) is 1. The third-order valence-electron chi connectivity index (χ3n) is 4.30. The summed E-state index contributed by atoms with van der Waals surface area (Å²) in [6.45, 7) is 3.98. The number of carbonyl (C=O) groups is 2. The van der Waals surface area contributed by atoms with Crippen molar-refractivity contribution in [3.05, 3.63) is 59.9 Å². The van der Waals surface area contributed by atoms with E-state index in [4.69, 9.17) is 0 Å². The van der Waals surface area contributed by atoms with Gasteiger partial charge < -0.3 is 9.64 Å². The second-order valence-electron chi connectivity index (χ2n) is 6.38. The molecule has 1 unspecified atom stereocenters. The molecular formula is C20H23FN2O5S. The maximum atomic E-state index is 13.7. The normalized spacial score (nSPS) is 12.1. The number of hydrogen-bond acceptors (Lipinski definition) is 5. The SMILES string of the molecule is CCN(CC(C)C(=O)OC)C(=O)c1ccc(S(=O)(=O)Nc2ccccc2F)cc1. The quantitative estimate of drug-likeness (QED) is 0.661. The molecule has 0 saturated heterocycles. The van der Waals surface area contributed by atoms with Gasteiger partial charge in [0.15, 0.2) is 0 Å². The summed E-state index contributed by atoms with van der Waals surface area (Å²) >= 11 is 0. The number of halogens is 1. The first-order chi connectivity index (χ1) is 13.7. The summed E-state index contributed by atoms with van der Waals surface area (Å²) in [4.78, 5) is 25.6. The molecule has 0 fully saturated rings. The van der Waals surface area contributed by atoms with Gasteiger partial charge in [-0.2, -0.15) is 0 Å². The van der Waals surface area contributed by atoms with Crippen molar-refractivity contribution in [2.24, 2.45) is 5.92 Å². The number of esters is 1. The number of para-hydroxylation sites is 1. The third kappa shape index (κ3) is 5.54. The Morgan fingerprint density at radius 1 is 1.14 bits per heavy atom. The fourth-order valence-corrected chi connectivity index (χ4v) is 3.74. The van der Waals surface area contributed by atoms with Crippen molar-refractivity contribution in [3.63, 3.8) is 0 Å². The molecule has 1 amide bonds. The van der Waals surface area contributed by atoms with Gasteiger partial charge in [0, 0.05) is 18.7 Å². The summed E-state index contributed by atoms with van der Waals surface area (Å²) in [5.74, 6) is -1.94. The molecule has 1 atom stereocenters. The molecule has 156 valence electrons. The Morgan fingerprint density at radius 3 is 2.31 bits per heavy atom. The average Bonchev–Trinajstić information content (AvgIpc) is 2.72. The fourth-order valence-electron chi connectivity index (χ4n) is 2.67.